The average Bonchev–Trinajstić information content (AvgIpc) is 2.52. The zero-order valence-corrected chi connectivity index (χ0v) is 8.68. The van der Waals surface area contributed by atoms with E-state index in [1.807, 2.05) is 13.0 Å². The molecular formula is C9H15N3S. The summed E-state index contributed by atoms with van der Waals surface area (Å²) in [4.78, 5) is 1.11. The van der Waals surface area contributed by atoms with Crippen LogP contribution in [0.3, 0.4) is 0 Å². The molecule has 2 N–H and O–H groups in total. The Balaban J connectivity index is 2.44. The molecular weight excluding hydrogens is 182 g/mol. The number of unbranched alkanes of at least 4 members (excludes halogenated alkanes) is 1. The first-order chi connectivity index (χ1) is 6.25. The first-order valence-electron chi connectivity index (χ1n) is 4.41. The second kappa shape index (κ2) is 5.09. The van der Waals surface area contributed by atoms with Crippen LogP contribution in [0.25, 0.3) is 0 Å². The summed E-state index contributed by atoms with van der Waals surface area (Å²) in [6.07, 6.45) is 5.02. The highest BCUT2D eigenvalue weighted by atomic mass is 32.1. The first kappa shape index (κ1) is 10.3. The number of allylic oxidation sites excluding steroid dienone is 1. The van der Waals surface area contributed by atoms with Crippen LogP contribution in [0.15, 0.2) is 12.7 Å². The monoisotopic (exact) mass is 197 g/mol. The van der Waals surface area contributed by atoms with Crippen molar-refractivity contribution in [2.75, 3.05) is 0 Å². The lowest BCUT2D eigenvalue weighted by Crippen LogP contribution is -2.09. The van der Waals surface area contributed by atoms with E-state index in [1.165, 1.54) is 11.5 Å². The van der Waals surface area contributed by atoms with Crippen LogP contribution in [0.2, 0.25) is 0 Å². The summed E-state index contributed by atoms with van der Waals surface area (Å²) in [5.74, 6) is 0. The van der Waals surface area contributed by atoms with Crippen LogP contribution in [0.4, 0.5) is 0 Å². The number of nitrogens with zero attached hydrogens (tertiary/aromatic N) is 2. The fraction of sp³-hybridized carbons (Fsp3) is 0.556. The Morgan fingerprint density at radius 2 is 2.46 bits per heavy atom. The lowest BCUT2D eigenvalue weighted by molar-refractivity contribution is 0.622. The molecule has 13 heavy (non-hydrogen) atoms. The van der Waals surface area contributed by atoms with Gasteiger partial charge in [-0.3, -0.25) is 0 Å². The molecule has 1 aromatic heterocycles. The minimum atomic E-state index is 0.0972. The SMILES string of the molecule is C=CCCCC(N)c1snnc1C. The van der Waals surface area contributed by atoms with Gasteiger partial charge in [0, 0.05) is 6.04 Å². The molecule has 1 atom stereocenters. The van der Waals surface area contributed by atoms with E-state index in [9.17, 15) is 0 Å². The molecule has 4 heteroatoms. The van der Waals surface area contributed by atoms with Crippen LogP contribution in [-0.2, 0) is 0 Å². The van der Waals surface area contributed by atoms with Crippen LogP contribution in [0.5, 0.6) is 0 Å². The van der Waals surface area contributed by atoms with Gasteiger partial charge in [0.15, 0.2) is 0 Å². The highest BCUT2D eigenvalue weighted by Crippen LogP contribution is 2.21. The Bertz CT molecular complexity index is 270. The highest BCUT2D eigenvalue weighted by molar-refractivity contribution is 7.05. The molecule has 1 rings (SSSR count). The lowest BCUT2D eigenvalue weighted by Gasteiger charge is -2.07. The zero-order chi connectivity index (χ0) is 9.68. The standard InChI is InChI=1S/C9H15N3S/c1-3-4-5-6-8(10)9-7(2)11-12-13-9/h3,8H,1,4-6,10H2,2H3. The summed E-state index contributed by atoms with van der Waals surface area (Å²) in [6, 6.07) is 0.0972. The summed E-state index contributed by atoms with van der Waals surface area (Å²) in [5, 5.41) is 3.93. The van der Waals surface area contributed by atoms with Crippen molar-refractivity contribution in [1.29, 1.82) is 0 Å². The van der Waals surface area contributed by atoms with Crippen LogP contribution in [-0.4, -0.2) is 9.59 Å². The Kier molecular flexibility index (Phi) is 4.05. The molecule has 0 amide bonds. The number of aryl methyl sites for hydroxylation is 1. The van der Waals surface area contributed by atoms with Crippen molar-refractivity contribution < 1.29 is 0 Å². The molecule has 1 heterocycles. The lowest BCUT2D eigenvalue weighted by atomic mass is 10.1. The van der Waals surface area contributed by atoms with Gasteiger partial charge >= 0.3 is 0 Å². The van der Waals surface area contributed by atoms with Gasteiger partial charge in [-0.25, -0.2) is 0 Å². The minimum absolute atomic E-state index is 0.0972. The van der Waals surface area contributed by atoms with Crippen molar-refractivity contribution in [2.45, 2.75) is 32.2 Å². The van der Waals surface area contributed by atoms with Gasteiger partial charge in [0.2, 0.25) is 0 Å². The fourth-order valence-corrected chi connectivity index (χ4v) is 1.87. The van der Waals surface area contributed by atoms with Crippen molar-refractivity contribution >= 4 is 11.5 Å². The molecule has 0 radical (unpaired) electrons. The molecule has 0 aliphatic rings. The number of rotatable bonds is 5. The zero-order valence-electron chi connectivity index (χ0n) is 7.86. The third kappa shape index (κ3) is 2.90. The Morgan fingerprint density at radius 1 is 1.69 bits per heavy atom. The molecule has 0 saturated heterocycles. The second-order valence-corrected chi connectivity index (χ2v) is 3.83. The maximum atomic E-state index is 5.98. The number of hydrogen-bond acceptors (Lipinski definition) is 4. The maximum absolute atomic E-state index is 5.98. The number of aromatic nitrogens is 2. The van der Waals surface area contributed by atoms with Gasteiger partial charge in [0.25, 0.3) is 0 Å². The van der Waals surface area contributed by atoms with E-state index in [4.69, 9.17) is 5.73 Å². The fourth-order valence-electron chi connectivity index (χ4n) is 1.19. The Labute approximate surface area is 82.8 Å². The molecule has 0 bridgehead atoms. The topological polar surface area (TPSA) is 51.8 Å². The normalized spacial score (nSPS) is 12.8. The molecule has 0 aromatic carbocycles. The van der Waals surface area contributed by atoms with E-state index >= 15 is 0 Å². The van der Waals surface area contributed by atoms with E-state index in [0.29, 0.717) is 0 Å². The molecule has 0 spiro atoms. The van der Waals surface area contributed by atoms with E-state index in [1.54, 1.807) is 0 Å². The van der Waals surface area contributed by atoms with E-state index in [0.717, 1.165) is 29.8 Å². The van der Waals surface area contributed by atoms with Crippen molar-refractivity contribution in [3.63, 3.8) is 0 Å². The predicted octanol–water partition coefficient (Wildman–Crippen LogP) is 2.20. The molecule has 3 nitrogen and oxygen atoms in total. The molecule has 1 unspecified atom stereocenters. The van der Waals surface area contributed by atoms with Gasteiger partial charge in [0.1, 0.15) is 0 Å². The summed E-state index contributed by atoms with van der Waals surface area (Å²) in [5.41, 5.74) is 6.95. The molecule has 0 saturated carbocycles. The van der Waals surface area contributed by atoms with Crippen LogP contribution >= 0.6 is 11.5 Å². The average molecular weight is 197 g/mol. The van der Waals surface area contributed by atoms with E-state index < -0.39 is 0 Å². The van der Waals surface area contributed by atoms with Crippen LogP contribution < -0.4 is 5.73 Å². The van der Waals surface area contributed by atoms with E-state index in [-0.39, 0.29) is 6.04 Å². The Morgan fingerprint density at radius 3 is 3.00 bits per heavy atom. The molecule has 72 valence electrons. The summed E-state index contributed by atoms with van der Waals surface area (Å²) < 4.78 is 3.86. The maximum Gasteiger partial charge on any atom is 0.0772 e. The molecule has 1 aromatic rings. The Hall–Kier alpha value is -0.740. The number of hydrogen-bond donors (Lipinski definition) is 1. The summed E-state index contributed by atoms with van der Waals surface area (Å²) >= 11 is 1.40. The summed E-state index contributed by atoms with van der Waals surface area (Å²) in [6.45, 7) is 5.63. The third-order valence-corrected chi connectivity index (χ3v) is 2.90. The van der Waals surface area contributed by atoms with E-state index in [2.05, 4.69) is 16.2 Å². The minimum Gasteiger partial charge on any atom is -0.323 e. The van der Waals surface area contributed by atoms with Crippen LogP contribution in [0.1, 0.15) is 35.9 Å². The van der Waals surface area contributed by atoms with Crippen molar-refractivity contribution in [2.24, 2.45) is 5.73 Å². The van der Waals surface area contributed by atoms with Gasteiger partial charge in [-0.15, -0.1) is 11.7 Å². The van der Waals surface area contributed by atoms with Gasteiger partial charge in [-0.2, -0.15) is 0 Å². The highest BCUT2D eigenvalue weighted by Gasteiger charge is 2.11. The smallest absolute Gasteiger partial charge is 0.0772 e. The molecule has 0 aliphatic heterocycles. The second-order valence-electron chi connectivity index (χ2n) is 3.05. The van der Waals surface area contributed by atoms with Crippen molar-refractivity contribution in [3.05, 3.63) is 23.2 Å². The largest absolute Gasteiger partial charge is 0.323 e. The van der Waals surface area contributed by atoms with Gasteiger partial charge in [0.05, 0.1) is 10.6 Å². The first-order valence-corrected chi connectivity index (χ1v) is 5.18. The van der Waals surface area contributed by atoms with Gasteiger partial charge < -0.3 is 5.73 Å². The van der Waals surface area contributed by atoms with Crippen LogP contribution in [0, 0.1) is 6.92 Å². The molecule has 0 fully saturated rings. The quantitative estimate of drug-likeness (QED) is 0.581. The molecule has 0 aliphatic carbocycles. The summed E-state index contributed by atoms with van der Waals surface area (Å²) in [7, 11) is 0. The predicted molar refractivity (Wildman–Crippen MR) is 55.6 cm³/mol. The number of nitrogens with two attached hydrogens (primary N) is 1. The van der Waals surface area contributed by atoms with Crippen molar-refractivity contribution in [1.82, 2.24) is 9.59 Å². The van der Waals surface area contributed by atoms with Gasteiger partial charge in [-0.05, 0) is 37.7 Å². The third-order valence-electron chi connectivity index (χ3n) is 1.95. The van der Waals surface area contributed by atoms with Gasteiger partial charge in [-0.1, -0.05) is 10.6 Å². The van der Waals surface area contributed by atoms with Crippen molar-refractivity contribution in [3.8, 4) is 0 Å².